The zero-order chi connectivity index (χ0) is 19.8. The van der Waals surface area contributed by atoms with Crippen molar-refractivity contribution in [2.24, 2.45) is 0 Å². The number of carbonyl (C=O) groups is 1. The molecule has 5 nitrogen and oxygen atoms in total. The van der Waals surface area contributed by atoms with Crippen LogP contribution in [0, 0.1) is 6.92 Å². The van der Waals surface area contributed by atoms with Gasteiger partial charge in [0.15, 0.2) is 0 Å². The van der Waals surface area contributed by atoms with E-state index >= 15 is 0 Å². The number of nitrogens with zero attached hydrogens (tertiary/aromatic N) is 4. The zero-order valence-corrected chi connectivity index (χ0v) is 16.8. The van der Waals surface area contributed by atoms with Gasteiger partial charge in [-0.3, -0.25) is 4.79 Å². The molecule has 1 aliphatic heterocycles. The minimum absolute atomic E-state index is 0.0114. The molecule has 0 saturated heterocycles. The summed E-state index contributed by atoms with van der Waals surface area (Å²) in [4.78, 5) is 15.6. The van der Waals surface area contributed by atoms with E-state index in [1.807, 2.05) is 69.8 Å². The Bertz CT molecular complexity index is 1190. The molecule has 5 rings (SSSR count). The summed E-state index contributed by atoms with van der Waals surface area (Å²) in [6.45, 7) is 3.17. The number of rotatable bonds is 4. The highest BCUT2D eigenvalue weighted by molar-refractivity contribution is 7.10. The van der Waals surface area contributed by atoms with Crippen molar-refractivity contribution in [3.05, 3.63) is 94.1 Å². The largest absolute Gasteiger partial charge is 0.329 e. The Morgan fingerprint density at radius 1 is 1.07 bits per heavy atom. The fraction of sp³-hybridized carbons (Fsp3) is 0.130. The third-order valence-corrected chi connectivity index (χ3v) is 6.00. The molecule has 144 valence electrons. The van der Waals surface area contributed by atoms with Crippen LogP contribution in [0.15, 0.2) is 72.4 Å². The van der Waals surface area contributed by atoms with E-state index in [9.17, 15) is 4.79 Å². The van der Waals surface area contributed by atoms with Crippen LogP contribution < -0.4 is 0 Å². The molecule has 1 aliphatic rings. The van der Waals surface area contributed by atoms with Gasteiger partial charge in [-0.15, -0.1) is 11.3 Å². The SMILES string of the molecule is Cc1ccccc1-n1nc2c(c1-n1cccc1)CN(C(=O)C=Cc1cccs1)C2. The number of carbonyl (C=O) groups excluding carboxylic acids is 1. The maximum Gasteiger partial charge on any atom is 0.247 e. The summed E-state index contributed by atoms with van der Waals surface area (Å²) in [5, 5.41) is 6.91. The summed E-state index contributed by atoms with van der Waals surface area (Å²) in [5.74, 6) is 1.01. The number of thiophene rings is 1. The minimum atomic E-state index is 0.0114. The number of hydrogen-bond acceptors (Lipinski definition) is 3. The van der Waals surface area contributed by atoms with Gasteiger partial charge in [0, 0.05) is 28.9 Å². The lowest BCUT2D eigenvalue weighted by Crippen LogP contribution is -2.24. The number of para-hydroxylation sites is 1. The first kappa shape index (κ1) is 17.7. The molecule has 0 spiro atoms. The summed E-state index contributed by atoms with van der Waals surface area (Å²) < 4.78 is 4.08. The van der Waals surface area contributed by atoms with Crippen LogP contribution in [0.1, 0.15) is 21.7 Å². The highest BCUT2D eigenvalue weighted by Crippen LogP contribution is 2.31. The highest BCUT2D eigenvalue weighted by Gasteiger charge is 2.30. The van der Waals surface area contributed by atoms with E-state index < -0.39 is 0 Å². The second-order valence-corrected chi connectivity index (χ2v) is 8.06. The van der Waals surface area contributed by atoms with Crippen molar-refractivity contribution < 1.29 is 4.79 Å². The average molecular weight is 401 g/mol. The maximum absolute atomic E-state index is 12.7. The van der Waals surface area contributed by atoms with Crippen molar-refractivity contribution >= 4 is 23.3 Å². The first-order chi connectivity index (χ1) is 14.2. The quantitative estimate of drug-likeness (QED) is 0.470. The molecule has 3 aromatic heterocycles. The van der Waals surface area contributed by atoms with Crippen molar-refractivity contribution in [3.63, 3.8) is 0 Å². The van der Waals surface area contributed by atoms with Gasteiger partial charge in [-0.1, -0.05) is 24.3 Å². The number of benzene rings is 1. The number of aromatic nitrogens is 3. The fourth-order valence-corrected chi connectivity index (χ4v) is 4.33. The molecule has 1 aromatic carbocycles. The van der Waals surface area contributed by atoms with Crippen molar-refractivity contribution in [2.75, 3.05) is 0 Å². The van der Waals surface area contributed by atoms with Gasteiger partial charge in [-0.25, -0.2) is 4.68 Å². The Morgan fingerprint density at radius 3 is 2.66 bits per heavy atom. The molecule has 29 heavy (non-hydrogen) atoms. The second-order valence-electron chi connectivity index (χ2n) is 7.08. The van der Waals surface area contributed by atoms with E-state index in [-0.39, 0.29) is 5.91 Å². The van der Waals surface area contributed by atoms with Crippen LogP contribution in [0.25, 0.3) is 17.6 Å². The lowest BCUT2D eigenvalue weighted by molar-refractivity contribution is -0.126. The molecule has 0 unspecified atom stereocenters. The first-order valence-corrected chi connectivity index (χ1v) is 10.4. The van der Waals surface area contributed by atoms with Gasteiger partial charge in [0.2, 0.25) is 5.91 Å². The molecular formula is C23H20N4OS. The summed E-state index contributed by atoms with van der Waals surface area (Å²) in [5.41, 5.74) is 4.27. The molecule has 0 saturated carbocycles. The molecule has 1 amide bonds. The molecule has 0 N–H and O–H groups in total. The van der Waals surface area contributed by atoms with Gasteiger partial charge in [0.1, 0.15) is 5.82 Å². The number of amides is 1. The van der Waals surface area contributed by atoms with Gasteiger partial charge < -0.3 is 9.47 Å². The van der Waals surface area contributed by atoms with Crippen molar-refractivity contribution in [1.29, 1.82) is 0 Å². The van der Waals surface area contributed by atoms with E-state index in [0.29, 0.717) is 13.1 Å². The first-order valence-electron chi connectivity index (χ1n) is 9.51. The summed E-state index contributed by atoms with van der Waals surface area (Å²) in [7, 11) is 0. The fourth-order valence-electron chi connectivity index (χ4n) is 3.71. The van der Waals surface area contributed by atoms with Gasteiger partial charge in [0.25, 0.3) is 0 Å². The van der Waals surface area contributed by atoms with Gasteiger partial charge in [0.05, 0.1) is 24.5 Å². The van der Waals surface area contributed by atoms with Crippen LogP contribution >= 0.6 is 11.3 Å². The third kappa shape index (κ3) is 3.21. The third-order valence-electron chi connectivity index (χ3n) is 5.17. The number of aryl methyl sites for hydroxylation is 1. The van der Waals surface area contributed by atoms with E-state index in [1.165, 1.54) is 0 Å². The second kappa shape index (κ2) is 7.22. The van der Waals surface area contributed by atoms with Gasteiger partial charge >= 0.3 is 0 Å². The van der Waals surface area contributed by atoms with Gasteiger partial charge in [-0.05, 0) is 48.2 Å². The topological polar surface area (TPSA) is 43.1 Å². The molecule has 0 aliphatic carbocycles. The van der Waals surface area contributed by atoms with E-state index in [1.54, 1.807) is 17.4 Å². The van der Waals surface area contributed by atoms with Crippen LogP contribution in [0.2, 0.25) is 0 Å². The molecule has 0 radical (unpaired) electrons. The molecule has 0 fully saturated rings. The molecule has 0 atom stereocenters. The summed E-state index contributed by atoms with van der Waals surface area (Å²) >= 11 is 1.62. The van der Waals surface area contributed by atoms with Crippen molar-refractivity contribution in [2.45, 2.75) is 20.0 Å². The summed E-state index contributed by atoms with van der Waals surface area (Å²) in [6, 6.07) is 16.2. The smallest absolute Gasteiger partial charge is 0.247 e. The normalized spacial score (nSPS) is 13.3. The average Bonchev–Trinajstić information content (AvgIpc) is 3.50. The van der Waals surface area contributed by atoms with E-state index in [0.717, 1.165) is 33.2 Å². The van der Waals surface area contributed by atoms with E-state index in [2.05, 4.69) is 23.6 Å². The lowest BCUT2D eigenvalue weighted by Gasteiger charge is -2.16. The maximum atomic E-state index is 12.7. The minimum Gasteiger partial charge on any atom is -0.329 e. The Morgan fingerprint density at radius 2 is 1.90 bits per heavy atom. The van der Waals surface area contributed by atoms with Crippen LogP contribution in [-0.2, 0) is 17.9 Å². The Balaban J connectivity index is 1.50. The molecule has 6 heteroatoms. The number of fused-ring (bicyclic) bond motifs is 1. The van der Waals surface area contributed by atoms with Crippen LogP contribution in [0.4, 0.5) is 0 Å². The summed E-state index contributed by atoms with van der Waals surface area (Å²) in [6.07, 6.45) is 7.58. The van der Waals surface area contributed by atoms with Crippen LogP contribution in [0.3, 0.4) is 0 Å². The predicted octanol–water partition coefficient (Wildman–Crippen LogP) is 4.59. The Kier molecular flexibility index (Phi) is 4.41. The number of hydrogen-bond donors (Lipinski definition) is 0. The van der Waals surface area contributed by atoms with Crippen molar-refractivity contribution in [3.8, 4) is 11.5 Å². The standard InChI is InChI=1S/C23H20N4OS/c1-17-7-2-3-9-21(17)27-23(25-12-4-5-13-25)19-15-26(16-20(19)24-27)22(28)11-10-18-8-6-14-29-18/h2-14H,15-16H2,1H3. The molecular weight excluding hydrogens is 380 g/mol. The van der Waals surface area contributed by atoms with Crippen LogP contribution in [-0.4, -0.2) is 25.2 Å². The van der Waals surface area contributed by atoms with Crippen LogP contribution in [0.5, 0.6) is 0 Å². The molecule has 4 aromatic rings. The van der Waals surface area contributed by atoms with Gasteiger partial charge in [-0.2, -0.15) is 5.10 Å². The monoisotopic (exact) mass is 400 g/mol. The highest BCUT2D eigenvalue weighted by atomic mass is 32.1. The molecule has 0 bridgehead atoms. The predicted molar refractivity (Wildman–Crippen MR) is 115 cm³/mol. The van der Waals surface area contributed by atoms with E-state index in [4.69, 9.17) is 5.10 Å². The Hall–Kier alpha value is -3.38. The zero-order valence-electron chi connectivity index (χ0n) is 16.0. The molecule has 4 heterocycles. The Labute approximate surface area is 173 Å². The van der Waals surface area contributed by atoms with Crippen molar-refractivity contribution in [1.82, 2.24) is 19.2 Å². The lowest BCUT2D eigenvalue weighted by atomic mass is 10.2.